The van der Waals surface area contributed by atoms with Crippen molar-refractivity contribution >= 4 is 27.4 Å². The van der Waals surface area contributed by atoms with Crippen LogP contribution in [0.1, 0.15) is 22.1 Å². The van der Waals surface area contributed by atoms with Crippen molar-refractivity contribution in [1.82, 2.24) is 15.5 Å². The Bertz CT molecular complexity index is 980. The highest BCUT2D eigenvalue weighted by Crippen LogP contribution is 2.29. The van der Waals surface area contributed by atoms with Crippen molar-refractivity contribution in [1.29, 1.82) is 0 Å². The molecular formula is C24H30N4O2S. The number of aliphatic hydroxyl groups is 1. The maximum Gasteiger partial charge on any atom is 0.191 e. The molecule has 0 radical (unpaired) electrons. The molecule has 3 N–H and O–H groups in total. The zero-order valence-electron chi connectivity index (χ0n) is 17.9. The lowest BCUT2D eigenvalue weighted by Crippen LogP contribution is -2.39. The molecule has 7 heteroatoms. The van der Waals surface area contributed by atoms with E-state index in [0.29, 0.717) is 19.0 Å². The summed E-state index contributed by atoms with van der Waals surface area (Å²) < 4.78 is 6.62. The van der Waals surface area contributed by atoms with Crippen molar-refractivity contribution in [2.75, 3.05) is 39.9 Å². The summed E-state index contributed by atoms with van der Waals surface area (Å²) in [6, 6.07) is 18.9. The minimum Gasteiger partial charge on any atom is -0.386 e. The van der Waals surface area contributed by atoms with E-state index in [1.165, 1.54) is 21.2 Å². The van der Waals surface area contributed by atoms with Crippen LogP contribution in [-0.4, -0.2) is 55.9 Å². The van der Waals surface area contributed by atoms with Crippen molar-refractivity contribution in [3.8, 4) is 0 Å². The SMILES string of the molecule is CN=C(NCc1cccc(CN2CCOCC2)c1)NCC(O)c1cc2ccccc2s1. The Morgan fingerprint density at radius 3 is 2.71 bits per heavy atom. The van der Waals surface area contributed by atoms with E-state index in [1.807, 2.05) is 12.1 Å². The Balaban J connectivity index is 1.27. The highest BCUT2D eigenvalue weighted by Gasteiger charge is 2.13. The van der Waals surface area contributed by atoms with Gasteiger partial charge < -0.3 is 20.5 Å². The molecule has 3 aromatic rings. The Morgan fingerprint density at radius 1 is 1.10 bits per heavy atom. The summed E-state index contributed by atoms with van der Waals surface area (Å²) in [5.41, 5.74) is 2.52. The smallest absolute Gasteiger partial charge is 0.191 e. The van der Waals surface area contributed by atoms with Gasteiger partial charge in [0.1, 0.15) is 6.10 Å². The average Bonchev–Trinajstić information content (AvgIpc) is 3.24. The zero-order chi connectivity index (χ0) is 21.5. The summed E-state index contributed by atoms with van der Waals surface area (Å²) in [4.78, 5) is 7.67. The highest BCUT2D eigenvalue weighted by atomic mass is 32.1. The number of hydrogen-bond donors (Lipinski definition) is 3. The minimum atomic E-state index is -0.576. The number of guanidine groups is 1. The Labute approximate surface area is 187 Å². The molecule has 31 heavy (non-hydrogen) atoms. The molecule has 164 valence electrons. The summed E-state index contributed by atoms with van der Waals surface area (Å²) in [6.07, 6.45) is -0.576. The summed E-state index contributed by atoms with van der Waals surface area (Å²) >= 11 is 1.63. The van der Waals surface area contributed by atoms with E-state index < -0.39 is 6.10 Å². The number of morpholine rings is 1. The van der Waals surface area contributed by atoms with E-state index >= 15 is 0 Å². The van der Waals surface area contributed by atoms with Gasteiger partial charge in [0, 0.05) is 49.3 Å². The predicted octanol–water partition coefficient (Wildman–Crippen LogP) is 3.13. The summed E-state index contributed by atoms with van der Waals surface area (Å²) in [5, 5.41) is 18.3. The molecule has 1 fully saturated rings. The van der Waals surface area contributed by atoms with Crippen LogP contribution in [0.2, 0.25) is 0 Å². The molecular weight excluding hydrogens is 408 g/mol. The maximum atomic E-state index is 10.6. The fraction of sp³-hybridized carbons (Fsp3) is 0.375. The zero-order valence-corrected chi connectivity index (χ0v) is 18.7. The molecule has 0 aliphatic carbocycles. The second-order valence-corrected chi connectivity index (χ2v) is 8.83. The van der Waals surface area contributed by atoms with Gasteiger partial charge >= 0.3 is 0 Å². The first-order chi connectivity index (χ1) is 15.2. The number of aliphatic hydroxyl groups excluding tert-OH is 1. The van der Waals surface area contributed by atoms with E-state index in [4.69, 9.17) is 4.74 Å². The minimum absolute atomic E-state index is 0.406. The summed E-state index contributed by atoms with van der Waals surface area (Å²) in [5.74, 6) is 0.679. The van der Waals surface area contributed by atoms with E-state index in [-0.39, 0.29) is 0 Å². The van der Waals surface area contributed by atoms with Crippen LogP contribution in [0.25, 0.3) is 10.1 Å². The highest BCUT2D eigenvalue weighted by molar-refractivity contribution is 7.19. The largest absolute Gasteiger partial charge is 0.386 e. The van der Waals surface area contributed by atoms with Gasteiger partial charge in [-0.15, -0.1) is 11.3 Å². The molecule has 1 unspecified atom stereocenters. The molecule has 0 spiro atoms. The lowest BCUT2D eigenvalue weighted by molar-refractivity contribution is 0.0342. The topological polar surface area (TPSA) is 69.1 Å². The second kappa shape index (κ2) is 10.7. The molecule has 2 heterocycles. The number of rotatable bonds is 7. The number of benzene rings is 2. The summed E-state index contributed by atoms with van der Waals surface area (Å²) in [6.45, 7) is 5.64. The average molecular weight is 439 g/mol. The van der Waals surface area contributed by atoms with Crippen LogP contribution in [0.5, 0.6) is 0 Å². The van der Waals surface area contributed by atoms with Gasteiger partial charge in [0.05, 0.1) is 13.2 Å². The first-order valence-electron chi connectivity index (χ1n) is 10.7. The molecule has 1 atom stereocenters. The first-order valence-corrected chi connectivity index (χ1v) is 11.5. The van der Waals surface area contributed by atoms with E-state index in [1.54, 1.807) is 18.4 Å². The molecule has 1 saturated heterocycles. The third-order valence-corrected chi connectivity index (χ3v) is 6.64. The van der Waals surface area contributed by atoms with Crippen LogP contribution < -0.4 is 10.6 Å². The van der Waals surface area contributed by atoms with Crippen LogP contribution in [0.3, 0.4) is 0 Å². The molecule has 0 bridgehead atoms. The van der Waals surface area contributed by atoms with Crippen molar-refractivity contribution in [3.63, 3.8) is 0 Å². The van der Waals surface area contributed by atoms with Gasteiger partial charge in [0.25, 0.3) is 0 Å². The third-order valence-electron chi connectivity index (χ3n) is 5.42. The van der Waals surface area contributed by atoms with Gasteiger partial charge in [0.2, 0.25) is 0 Å². The van der Waals surface area contributed by atoms with Crippen molar-refractivity contribution in [2.24, 2.45) is 4.99 Å². The molecule has 1 aromatic heterocycles. The molecule has 2 aromatic carbocycles. The number of fused-ring (bicyclic) bond motifs is 1. The van der Waals surface area contributed by atoms with Gasteiger partial charge in [0.15, 0.2) is 5.96 Å². The Morgan fingerprint density at radius 2 is 1.90 bits per heavy atom. The molecule has 6 nitrogen and oxygen atoms in total. The molecule has 1 aliphatic heterocycles. The van der Waals surface area contributed by atoms with E-state index in [0.717, 1.165) is 37.7 Å². The van der Waals surface area contributed by atoms with Crippen molar-refractivity contribution in [3.05, 3.63) is 70.6 Å². The predicted molar refractivity (Wildman–Crippen MR) is 128 cm³/mol. The standard InChI is InChI=1S/C24H30N4O2S/c1-25-24(27-16-21(29)23-14-20-7-2-3-8-22(20)31-23)26-15-18-5-4-6-19(13-18)17-28-9-11-30-12-10-28/h2-8,13-14,21,29H,9-12,15-17H2,1H3,(H2,25,26,27). The fourth-order valence-corrected chi connectivity index (χ4v) is 4.77. The number of thiophene rings is 1. The van der Waals surface area contributed by atoms with Gasteiger partial charge in [-0.25, -0.2) is 0 Å². The number of nitrogens with one attached hydrogen (secondary N) is 2. The Kier molecular flexibility index (Phi) is 7.53. The lowest BCUT2D eigenvalue weighted by atomic mass is 10.1. The van der Waals surface area contributed by atoms with Crippen LogP contribution >= 0.6 is 11.3 Å². The van der Waals surface area contributed by atoms with Crippen molar-refractivity contribution in [2.45, 2.75) is 19.2 Å². The maximum absolute atomic E-state index is 10.6. The van der Waals surface area contributed by atoms with E-state index in [9.17, 15) is 5.11 Å². The monoisotopic (exact) mass is 438 g/mol. The molecule has 0 amide bonds. The van der Waals surface area contributed by atoms with Gasteiger partial charge in [-0.2, -0.15) is 0 Å². The van der Waals surface area contributed by atoms with Gasteiger partial charge in [-0.3, -0.25) is 9.89 Å². The van der Waals surface area contributed by atoms with Crippen molar-refractivity contribution < 1.29 is 9.84 Å². The van der Waals surface area contributed by atoms with Gasteiger partial charge in [-0.05, 0) is 28.6 Å². The molecule has 0 saturated carbocycles. The van der Waals surface area contributed by atoms with E-state index in [2.05, 4.69) is 63.0 Å². The van der Waals surface area contributed by atoms with Crippen LogP contribution in [-0.2, 0) is 17.8 Å². The van der Waals surface area contributed by atoms with Crippen LogP contribution in [0.15, 0.2) is 59.6 Å². The number of hydrogen-bond acceptors (Lipinski definition) is 5. The molecule has 4 rings (SSSR count). The second-order valence-electron chi connectivity index (χ2n) is 7.72. The van der Waals surface area contributed by atoms with Crippen LogP contribution in [0, 0.1) is 0 Å². The number of aliphatic imine (C=N–C) groups is 1. The normalized spacial score (nSPS) is 16.4. The first kappa shape index (κ1) is 21.8. The van der Waals surface area contributed by atoms with Gasteiger partial charge in [-0.1, -0.05) is 42.5 Å². The molecule has 1 aliphatic rings. The summed E-state index contributed by atoms with van der Waals surface area (Å²) in [7, 11) is 1.75. The number of ether oxygens (including phenoxy) is 1. The quantitative estimate of drug-likeness (QED) is 0.391. The third kappa shape index (κ3) is 6.04. The number of nitrogens with zero attached hydrogens (tertiary/aromatic N) is 2. The Hall–Kier alpha value is -2.45. The fourth-order valence-electron chi connectivity index (χ4n) is 3.72. The van der Waals surface area contributed by atoms with Crippen LogP contribution in [0.4, 0.5) is 0 Å². The lowest BCUT2D eigenvalue weighted by Gasteiger charge is -2.26.